The molecule has 0 aliphatic carbocycles. The van der Waals surface area contributed by atoms with E-state index in [0.717, 1.165) is 24.3 Å². The maximum Gasteiger partial charge on any atom is 0.124 e. The second-order valence-corrected chi connectivity index (χ2v) is 5.69. The summed E-state index contributed by atoms with van der Waals surface area (Å²) in [5.74, 6) is 0.148. The van der Waals surface area contributed by atoms with Gasteiger partial charge in [-0.1, -0.05) is 19.1 Å². The van der Waals surface area contributed by atoms with Crippen molar-refractivity contribution >= 4 is 11.5 Å². The van der Waals surface area contributed by atoms with E-state index in [4.69, 9.17) is 11.1 Å². The summed E-state index contributed by atoms with van der Waals surface area (Å²) in [7, 11) is 2.11. The summed E-state index contributed by atoms with van der Waals surface area (Å²) in [5.41, 5.74) is 8.85. The van der Waals surface area contributed by atoms with E-state index in [1.807, 2.05) is 12.1 Å². The molecule has 0 radical (unpaired) electrons. The molecule has 1 heterocycles. The molecule has 3 N–H and O–H groups in total. The number of amidine groups is 1. The fourth-order valence-corrected chi connectivity index (χ4v) is 3.31. The minimum absolute atomic E-state index is 0.148. The van der Waals surface area contributed by atoms with Crippen molar-refractivity contribution in [3.05, 3.63) is 29.3 Å². The molecule has 1 fully saturated rings. The molecule has 1 aliphatic heterocycles. The van der Waals surface area contributed by atoms with Crippen molar-refractivity contribution < 1.29 is 0 Å². The lowest BCUT2D eigenvalue weighted by atomic mass is 10.1. The van der Waals surface area contributed by atoms with Gasteiger partial charge in [0.1, 0.15) is 5.84 Å². The van der Waals surface area contributed by atoms with Gasteiger partial charge in [0.2, 0.25) is 0 Å². The monoisotopic (exact) mass is 274 g/mol. The molecule has 4 nitrogen and oxygen atoms in total. The van der Waals surface area contributed by atoms with Crippen molar-refractivity contribution in [2.75, 3.05) is 31.6 Å². The largest absolute Gasteiger partial charge is 0.384 e. The fourth-order valence-electron chi connectivity index (χ4n) is 3.31. The highest BCUT2D eigenvalue weighted by Crippen LogP contribution is 2.26. The summed E-state index contributed by atoms with van der Waals surface area (Å²) in [5, 5.41) is 7.77. The van der Waals surface area contributed by atoms with E-state index in [1.54, 1.807) is 0 Å². The van der Waals surface area contributed by atoms with E-state index < -0.39 is 0 Å². The van der Waals surface area contributed by atoms with E-state index in [2.05, 4.69) is 36.8 Å². The van der Waals surface area contributed by atoms with Crippen LogP contribution in [0.1, 0.15) is 30.9 Å². The first-order valence-electron chi connectivity index (χ1n) is 7.43. The number of nitrogen functional groups attached to an aromatic ring is 1. The fraction of sp³-hybridized carbons (Fsp3) is 0.562. The maximum atomic E-state index is 7.77. The molecule has 1 aromatic carbocycles. The van der Waals surface area contributed by atoms with Crippen LogP contribution in [0.4, 0.5) is 5.69 Å². The zero-order valence-electron chi connectivity index (χ0n) is 12.8. The van der Waals surface area contributed by atoms with Crippen molar-refractivity contribution in [3.8, 4) is 0 Å². The quantitative estimate of drug-likeness (QED) is 0.639. The van der Waals surface area contributed by atoms with Gasteiger partial charge in [-0.15, -0.1) is 0 Å². The van der Waals surface area contributed by atoms with Gasteiger partial charge in [0.05, 0.1) is 5.69 Å². The number of likely N-dealkylation sites (tertiary alicyclic amines) is 1. The Morgan fingerprint density at radius 1 is 1.50 bits per heavy atom. The molecule has 1 saturated heterocycles. The molecule has 0 amide bonds. The zero-order valence-corrected chi connectivity index (χ0v) is 12.8. The van der Waals surface area contributed by atoms with E-state index in [0.29, 0.717) is 6.04 Å². The minimum atomic E-state index is 0.148. The predicted octanol–water partition coefficient (Wildman–Crippen LogP) is 2.20. The van der Waals surface area contributed by atoms with Crippen molar-refractivity contribution in [3.63, 3.8) is 0 Å². The van der Waals surface area contributed by atoms with Gasteiger partial charge in [-0.05, 0) is 44.5 Å². The molecule has 0 aromatic heterocycles. The first kappa shape index (κ1) is 14.9. The van der Waals surface area contributed by atoms with Crippen molar-refractivity contribution in [1.29, 1.82) is 5.41 Å². The van der Waals surface area contributed by atoms with E-state index >= 15 is 0 Å². The standard InChI is InChI=1S/C16H26N4/c1-4-20-10-6-8-13(20)11-19(3)15-12(2)7-5-9-14(15)16(17)18/h5,7,9,13H,4,6,8,10-11H2,1-3H3,(H3,17,18). The summed E-state index contributed by atoms with van der Waals surface area (Å²) in [6.45, 7) is 7.64. The molecule has 1 aliphatic rings. The van der Waals surface area contributed by atoms with Crippen molar-refractivity contribution in [2.45, 2.75) is 32.7 Å². The number of rotatable bonds is 5. The molecule has 2 rings (SSSR count). The summed E-state index contributed by atoms with van der Waals surface area (Å²) < 4.78 is 0. The first-order chi connectivity index (χ1) is 9.54. The Bertz CT molecular complexity index is 483. The molecule has 0 bridgehead atoms. The van der Waals surface area contributed by atoms with E-state index in [1.165, 1.54) is 24.9 Å². The van der Waals surface area contributed by atoms with Crippen LogP contribution in [0.25, 0.3) is 0 Å². The highest BCUT2D eigenvalue weighted by molar-refractivity contribution is 6.01. The van der Waals surface area contributed by atoms with Gasteiger partial charge in [-0.3, -0.25) is 10.3 Å². The van der Waals surface area contributed by atoms with Crippen molar-refractivity contribution in [2.24, 2.45) is 5.73 Å². The van der Waals surface area contributed by atoms with E-state index in [-0.39, 0.29) is 5.84 Å². The SMILES string of the molecule is CCN1CCCC1CN(C)c1c(C)cccc1C(=N)N. The van der Waals surface area contributed by atoms with E-state index in [9.17, 15) is 0 Å². The molecule has 0 saturated carbocycles. The number of anilines is 1. The lowest BCUT2D eigenvalue weighted by Crippen LogP contribution is -2.39. The normalized spacial score (nSPS) is 19.2. The van der Waals surface area contributed by atoms with Crippen LogP contribution < -0.4 is 10.6 Å². The molecule has 0 spiro atoms. The Kier molecular flexibility index (Phi) is 4.65. The number of benzene rings is 1. The second-order valence-electron chi connectivity index (χ2n) is 5.69. The van der Waals surface area contributed by atoms with Crippen LogP contribution in [-0.2, 0) is 0 Å². The molecule has 1 aromatic rings. The number of nitrogens with one attached hydrogen (secondary N) is 1. The van der Waals surface area contributed by atoms with Gasteiger partial charge < -0.3 is 10.6 Å². The Morgan fingerprint density at radius 3 is 2.90 bits per heavy atom. The smallest absolute Gasteiger partial charge is 0.124 e. The number of nitrogens with zero attached hydrogens (tertiary/aromatic N) is 2. The molecular weight excluding hydrogens is 248 g/mol. The predicted molar refractivity (Wildman–Crippen MR) is 85.7 cm³/mol. The molecule has 20 heavy (non-hydrogen) atoms. The van der Waals surface area contributed by atoms with Gasteiger partial charge in [0.15, 0.2) is 0 Å². The first-order valence-corrected chi connectivity index (χ1v) is 7.43. The number of nitrogens with two attached hydrogens (primary N) is 1. The number of hydrogen-bond donors (Lipinski definition) is 2. The zero-order chi connectivity index (χ0) is 14.7. The number of aryl methyl sites for hydroxylation is 1. The Balaban J connectivity index is 2.20. The topological polar surface area (TPSA) is 56.4 Å². The highest BCUT2D eigenvalue weighted by Gasteiger charge is 2.25. The van der Waals surface area contributed by atoms with Gasteiger partial charge >= 0.3 is 0 Å². The number of hydrogen-bond acceptors (Lipinski definition) is 3. The summed E-state index contributed by atoms with van der Waals surface area (Å²) in [4.78, 5) is 4.81. The third kappa shape index (κ3) is 2.96. The number of likely N-dealkylation sites (N-methyl/N-ethyl adjacent to an activating group) is 2. The van der Waals surface area contributed by atoms with Crippen LogP contribution in [0.15, 0.2) is 18.2 Å². The number of para-hydroxylation sites is 1. The van der Waals surface area contributed by atoms with Gasteiger partial charge in [-0.2, -0.15) is 0 Å². The van der Waals surface area contributed by atoms with Gasteiger partial charge in [0, 0.05) is 25.2 Å². The van der Waals surface area contributed by atoms with Gasteiger partial charge in [0.25, 0.3) is 0 Å². The van der Waals surface area contributed by atoms with Crippen LogP contribution in [-0.4, -0.2) is 43.5 Å². The molecule has 1 unspecified atom stereocenters. The Morgan fingerprint density at radius 2 is 2.25 bits per heavy atom. The molecular formula is C16H26N4. The van der Waals surface area contributed by atoms with Crippen LogP contribution >= 0.6 is 0 Å². The molecule has 110 valence electrons. The molecule has 4 heteroatoms. The lowest BCUT2D eigenvalue weighted by molar-refractivity contribution is 0.270. The van der Waals surface area contributed by atoms with Crippen molar-refractivity contribution in [1.82, 2.24) is 4.90 Å². The van der Waals surface area contributed by atoms with Crippen LogP contribution in [0.5, 0.6) is 0 Å². The second kappa shape index (κ2) is 6.27. The summed E-state index contributed by atoms with van der Waals surface area (Å²) in [6.07, 6.45) is 2.55. The summed E-state index contributed by atoms with van der Waals surface area (Å²) in [6, 6.07) is 6.61. The lowest BCUT2D eigenvalue weighted by Gasteiger charge is -2.31. The molecule has 1 atom stereocenters. The van der Waals surface area contributed by atoms with Crippen LogP contribution in [0, 0.1) is 12.3 Å². The summed E-state index contributed by atoms with van der Waals surface area (Å²) >= 11 is 0. The van der Waals surface area contributed by atoms with Crippen LogP contribution in [0.2, 0.25) is 0 Å². The average molecular weight is 274 g/mol. The average Bonchev–Trinajstić information content (AvgIpc) is 2.85. The third-order valence-electron chi connectivity index (χ3n) is 4.30. The van der Waals surface area contributed by atoms with Crippen LogP contribution in [0.3, 0.4) is 0 Å². The maximum absolute atomic E-state index is 7.77. The highest BCUT2D eigenvalue weighted by atomic mass is 15.2. The Labute approximate surface area is 122 Å². The minimum Gasteiger partial charge on any atom is -0.384 e. The third-order valence-corrected chi connectivity index (χ3v) is 4.30. The Hall–Kier alpha value is -1.55. The van der Waals surface area contributed by atoms with Gasteiger partial charge in [-0.25, -0.2) is 0 Å².